The maximum absolute atomic E-state index is 13.0. The molecule has 20 heavy (non-hydrogen) atoms. The number of hydrogen-bond acceptors (Lipinski definition) is 5. The first-order chi connectivity index (χ1) is 9.31. The molecule has 0 saturated carbocycles. The minimum absolute atomic E-state index is 0.0149. The number of aromatic nitrogens is 1. The van der Waals surface area contributed by atoms with Crippen LogP contribution in [0.2, 0.25) is 5.02 Å². The van der Waals surface area contributed by atoms with Gasteiger partial charge in [0.1, 0.15) is 5.82 Å². The average molecular weight is 337 g/mol. The average Bonchev–Trinajstić information content (AvgIpc) is 2.83. The van der Waals surface area contributed by atoms with E-state index in [1.807, 2.05) is 0 Å². The third kappa shape index (κ3) is 2.89. The summed E-state index contributed by atoms with van der Waals surface area (Å²) in [6.07, 6.45) is 0. The highest BCUT2D eigenvalue weighted by Gasteiger charge is 2.25. The van der Waals surface area contributed by atoms with Gasteiger partial charge in [0.15, 0.2) is 9.90 Å². The number of hydrogen-bond donors (Lipinski definition) is 2. The van der Waals surface area contributed by atoms with E-state index in [0.29, 0.717) is 11.3 Å². The van der Waals surface area contributed by atoms with Crippen LogP contribution in [-0.4, -0.2) is 24.5 Å². The normalized spacial score (nSPS) is 11.3. The lowest BCUT2D eigenvalue weighted by atomic mass is 10.3. The number of carboxylic acid groups (broad SMARTS) is 1. The van der Waals surface area contributed by atoms with Crippen LogP contribution in [-0.2, 0) is 10.0 Å². The molecule has 0 spiro atoms. The molecule has 0 atom stereocenters. The van der Waals surface area contributed by atoms with Gasteiger partial charge >= 0.3 is 5.97 Å². The van der Waals surface area contributed by atoms with Crippen molar-refractivity contribution in [3.63, 3.8) is 0 Å². The van der Waals surface area contributed by atoms with Crippen LogP contribution >= 0.6 is 22.9 Å². The van der Waals surface area contributed by atoms with Crippen molar-refractivity contribution in [1.82, 2.24) is 4.98 Å². The highest BCUT2D eigenvalue weighted by atomic mass is 35.5. The van der Waals surface area contributed by atoms with Gasteiger partial charge in [0, 0.05) is 0 Å². The van der Waals surface area contributed by atoms with E-state index in [0.717, 1.165) is 17.6 Å². The number of nitrogens with one attached hydrogen (secondary N) is 1. The summed E-state index contributed by atoms with van der Waals surface area (Å²) in [5, 5.41) is 8.59. The van der Waals surface area contributed by atoms with Crippen molar-refractivity contribution in [2.45, 2.75) is 4.21 Å². The molecule has 10 heteroatoms. The molecule has 0 bridgehead atoms. The summed E-state index contributed by atoms with van der Waals surface area (Å²) in [5.74, 6) is -2.15. The fourth-order valence-electron chi connectivity index (χ4n) is 1.33. The van der Waals surface area contributed by atoms with Crippen LogP contribution < -0.4 is 4.72 Å². The minimum atomic E-state index is -4.13. The zero-order valence-corrected chi connectivity index (χ0v) is 11.9. The molecule has 0 fully saturated rings. The SMILES string of the molecule is O=C(O)c1ncsc1S(=O)(=O)Nc1ccc(F)c(Cl)c1. The molecule has 0 unspecified atom stereocenters. The first kappa shape index (κ1) is 14.7. The molecule has 2 N–H and O–H groups in total. The molecule has 0 aliphatic rings. The van der Waals surface area contributed by atoms with Crippen LogP contribution in [0.3, 0.4) is 0 Å². The summed E-state index contributed by atoms with van der Waals surface area (Å²) in [4.78, 5) is 14.3. The predicted molar refractivity (Wildman–Crippen MR) is 71.3 cm³/mol. The van der Waals surface area contributed by atoms with E-state index in [2.05, 4.69) is 9.71 Å². The van der Waals surface area contributed by atoms with Crippen LogP contribution in [0, 0.1) is 5.82 Å². The molecule has 2 rings (SSSR count). The summed E-state index contributed by atoms with van der Waals surface area (Å²) >= 11 is 6.20. The van der Waals surface area contributed by atoms with Crippen LogP contribution in [0.1, 0.15) is 10.5 Å². The zero-order valence-electron chi connectivity index (χ0n) is 9.50. The van der Waals surface area contributed by atoms with Crippen LogP contribution in [0.15, 0.2) is 27.9 Å². The van der Waals surface area contributed by atoms with Crippen molar-refractivity contribution in [3.8, 4) is 0 Å². The van der Waals surface area contributed by atoms with Gasteiger partial charge < -0.3 is 5.11 Å². The Morgan fingerprint density at radius 3 is 2.75 bits per heavy atom. The number of carbonyl (C=O) groups is 1. The van der Waals surface area contributed by atoms with Crippen molar-refractivity contribution in [2.75, 3.05) is 4.72 Å². The first-order valence-corrected chi connectivity index (χ1v) is 7.70. The van der Waals surface area contributed by atoms with Crippen molar-refractivity contribution in [3.05, 3.63) is 40.2 Å². The lowest BCUT2D eigenvalue weighted by Crippen LogP contribution is -2.15. The molecule has 2 aromatic rings. The van der Waals surface area contributed by atoms with Crippen molar-refractivity contribution in [2.24, 2.45) is 0 Å². The van der Waals surface area contributed by atoms with Gasteiger partial charge in [-0.1, -0.05) is 11.6 Å². The van der Waals surface area contributed by atoms with Gasteiger partial charge in [-0.25, -0.2) is 22.6 Å². The third-order valence-electron chi connectivity index (χ3n) is 2.15. The molecule has 0 radical (unpaired) electrons. The molecule has 0 saturated heterocycles. The van der Waals surface area contributed by atoms with E-state index in [1.165, 1.54) is 6.07 Å². The van der Waals surface area contributed by atoms with Crippen LogP contribution in [0.4, 0.5) is 10.1 Å². The number of nitrogens with zero attached hydrogens (tertiary/aromatic N) is 1. The van der Waals surface area contributed by atoms with Gasteiger partial charge in [-0.3, -0.25) is 4.72 Å². The van der Waals surface area contributed by atoms with Crippen molar-refractivity contribution < 1.29 is 22.7 Å². The predicted octanol–water partition coefficient (Wildman–Crippen LogP) is 2.43. The van der Waals surface area contributed by atoms with Crippen molar-refractivity contribution in [1.29, 1.82) is 0 Å². The number of halogens is 2. The molecule has 0 amide bonds. The number of carboxylic acids is 1. The Bertz CT molecular complexity index is 775. The lowest BCUT2D eigenvalue weighted by molar-refractivity contribution is 0.0687. The number of benzene rings is 1. The number of anilines is 1. The maximum Gasteiger partial charge on any atom is 0.356 e. The minimum Gasteiger partial charge on any atom is -0.476 e. The number of rotatable bonds is 4. The molecule has 106 valence electrons. The molecular formula is C10H6ClFN2O4S2. The fourth-order valence-corrected chi connectivity index (χ4v) is 3.70. The Balaban J connectivity index is 2.38. The molecule has 6 nitrogen and oxygen atoms in total. The topological polar surface area (TPSA) is 96.4 Å². The second kappa shape index (κ2) is 5.35. The van der Waals surface area contributed by atoms with Gasteiger partial charge in [0.05, 0.1) is 16.2 Å². The molecular weight excluding hydrogens is 331 g/mol. The Labute approximate surface area is 121 Å². The molecule has 0 aliphatic carbocycles. The Hall–Kier alpha value is -1.71. The number of sulfonamides is 1. The summed E-state index contributed by atoms with van der Waals surface area (Å²) in [6.45, 7) is 0. The molecule has 1 aromatic heterocycles. The summed E-state index contributed by atoms with van der Waals surface area (Å²) in [6, 6.07) is 3.24. The Morgan fingerprint density at radius 1 is 1.45 bits per heavy atom. The first-order valence-electron chi connectivity index (χ1n) is 4.96. The highest BCUT2D eigenvalue weighted by Crippen LogP contribution is 2.25. The highest BCUT2D eigenvalue weighted by molar-refractivity contribution is 7.94. The molecule has 1 heterocycles. The summed E-state index contributed by atoms with van der Waals surface area (Å²) in [5.41, 5.74) is 0.548. The molecule has 0 aliphatic heterocycles. The van der Waals surface area contributed by atoms with E-state index in [1.54, 1.807) is 0 Å². The fraction of sp³-hybridized carbons (Fsp3) is 0. The van der Waals surface area contributed by atoms with Gasteiger partial charge in [0.2, 0.25) is 0 Å². The standard InChI is InChI=1S/C10H6ClFN2O4S2/c11-6-3-5(1-2-7(6)12)14-20(17,18)10-8(9(15)16)13-4-19-10/h1-4,14H,(H,15,16). The zero-order chi connectivity index (χ0) is 14.9. The van der Waals surface area contributed by atoms with Gasteiger partial charge in [0.25, 0.3) is 10.0 Å². The molecule has 1 aromatic carbocycles. The quantitative estimate of drug-likeness (QED) is 0.893. The van der Waals surface area contributed by atoms with E-state index < -0.39 is 31.7 Å². The van der Waals surface area contributed by atoms with Gasteiger partial charge in [-0.2, -0.15) is 0 Å². The van der Waals surface area contributed by atoms with Gasteiger partial charge in [-0.15, -0.1) is 11.3 Å². The van der Waals surface area contributed by atoms with Gasteiger partial charge in [-0.05, 0) is 18.2 Å². The Morgan fingerprint density at radius 2 is 2.15 bits per heavy atom. The van der Waals surface area contributed by atoms with E-state index in [9.17, 15) is 17.6 Å². The largest absolute Gasteiger partial charge is 0.476 e. The second-order valence-corrected chi connectivity index (χ2v) is 6.67. The van der Waals surface area contributed by atoms with E-state index in [4.69, 9.17) is 16.7 Å². The maximum atomic E-state index is 13.0. The Kier molecular flexibility index (Phi) is 3.93. The van der Waals surface area contributed by atoms with Crippen LogP contribution in [0.5, 0.6) is 0 Å². The monoisotopic (exact) mass is 336 g/mol. The van der Waals surface area contributed by atoms with Crippen molar-refractivity contribution >= 4 is 44.6 Å². The third-order valence-corrected chi connectivity index (χ3v) is 5.19. The number of aromatic carboxylic acids is 1. The van der Waals surface area contributed by atoms with E-state index >= 15 is 0 Å². The summed E-state index contributed by atoms with van der Waals surface area (Å²) < 4.78 is 38.7. The summed E-state index contributed by atoms with van der Waals surface area (Å²) in [7, 11) is -4.13. The smallest absolute Gasteiger partial charge is 0.356 e. The lowest BCUT2D eigenvalue weighted by Gasteiger charge is -2.07. The van der Waals surface area contributed by atoms with Crippen LogP contribution in [0.25, 0.3) is 0 Å². The second-order valence-electron chi connectivity index (χ2n) is 3.53. The number of thiazole rings is 1. The van der Waals surface area contributed by atoms with E-state index in [-0.39, 0.29) is 10.7 Å².